The minimum absolute atomic E-state index is 0.0441. The Bertz CT molecular complexity index is 1210. The van der Waals surface area contributed by atoms with Crippen molar-refractivity contribution >= 4 is 16.9 Å². The third-order valence-electron chi connectivity index (χ3n) is 5.25. The quantitative estimate of drug-likeness (QED) is 0.624. The lowest BCUT2D eigenvalue weighted by Crippen LogP contribution is -2.41. The van der Waals surface area contributed by atoms with Crippen LogP contribution in [0, 0.1) is 11.3 Å². The van der Waals surface area contributed by atoms with E-state index in [9.17, 15) is 9.59 Å². The molecule has 1 fully saturated rings. The average molecular weight is 420 g/mol. The van der Waals surface area contributed by atoms with Gasteiger partial charge in [0.1, 0.15) is 17.7 Å². The van der Waals surface area contributed by atoms with Crippen molar-refractivity contribution in [3.05, 3.63) is 58.3 Å². The van der Waals surface area contributed by atoms with Crippen molar-refractivity contribution in [3.8, 4) is 17.7 Å². The fourth-order valence-corrected chi connectivity index (χ4v) is 3.67. The number of amides is 1. The number of nitriles is 1. The van der Waals surface area contributed by atoms with Crippen molar-refractivity contribution in [2.45, 2.75) is 37.8 Å². The van der Waals surface area contributed by atoms with Crippen molar-refractivity contribution in [1.82, 2.24) is 15.3 Å². The second kappa shape index (κ2) is 8.83. The minimum atomic E-state index is -0.710. The number of carbonyl (C=O) groups excluding carboxylic acids is 1. The molecule has 1 saturated carbocycles. The van der Waals surface area contributed by atoms with Crippen LogP contribution in [0.4, 0.5) is 0 Å². The third-order valence-corrected chi connectivity index (χ3v) is 5.25. The molecule has 2 heterocycles. The largest absolute Gasteiger partial charge is 0.493 e. The van der Waals surface area contributed by atoms with E-state index in [-0.39, 0.29) is 29.3 Å². The first-order valence-corrected chi connectivity index (χ1v) is 9.88. The number of hydrogen-bond donors (Lipinski definition) is 1. The average Bonchev–Trinajstić information content (AvgIpc) is 2.79. The summed E-state index contributed by atoms with van der Waals surface area (Å²) < 4.78 is 16.3. The molecule has 0 atom stereocenters. The molecule has 1 aromatic carbocycles. The number of nitrogens with one attached hydrogen (secondary N) is 1. The first-order valence-electron chi connectivity index (χ1n) is 9.88. The standard InChI is InChI=1S/C22H20N4O5/c1-29-18-4-2-3-13-11-16(22(28)31-19(13)18)20(27)26-14-5-7-15(8-6-14)30-21-17(12-23)24-9-10-25-21/h2-4,9-11,14-15H,5-8H2,1H3,(H,26,27). The van der Waals surface area contributed by atoms with Gasteiger partial charge in [-0.05, 0) is 37.8 Å². The van der Waals surface area contributed by atoms with Gasteiger partial charge in [0.25, 0.3) is 11.8 Å². The van der Waals surface area contributed by atoms with E-state index >= 15 is 0 Å². The summed E-state index contributed by atoms with van der Waals surface area (Å²) in [4.78, 5) is 33.1. The number of carbonyl (C=O) groups is 1. The van der Waals surface area contributed by atoms with E-state index in [0.29, 0.717) is 42.4 Å². The highest BCUT2D eigenvalue weighted by Crippen LogP contribution is 2.26. The normalized spacial score (nSPS) is 18.2. The number of fused-ring (bicyclic) bond motifs is 1. The molecule has 4 rings (SSSR count). The maximum absolute atomic E-state index is 12.7. The van der Waals surface area contributed by atoms with Crippen LogP contribution in [0.5, 0.6) is 11.6 Å². The van der Waals surface area contributed by atoms with Crippen molar-refractivity contribution in [2.75, 3.05) is 7.11 Å². The molecule has 1 aliphatic carbocycles. The number of methoxy groups -OCH3 is 1. The highest BCUT2D eigenvalue weighted by Gasteiger charge is 2.26. The van der Waals surface area contributed by atoms with Crippen LogP contribution in [-0.2, 0) is 0 Å². The van der Waals surface area contributed by atoms with Crippen LogP contribution >= 0.6 is 0 Å². The van der Waals surface area contributed by atoms with Crippen LogP contribution in [0.1, 0.15) is 41.7 Å². The Balaban J connectivity index is 1.40. The number of aromatic nitrogens is 2. The first kappa shape index (κ1) is 20.3. The molecule has 1 N–H and O–H groups in total. The smallest absolute Gasteiger partial charge is 0.349 e. The zero-order valence-electron chi connectivity index (χ0n) is 16.8. The van der Waals surface area contributed by atoms with E-state index < -0.39 is 11.5 Å². The fraction of sp³-hybridized carbons (Fsp3) is 0.318. The molecule has 1 amide bonds. The molecule has 1 aliphatic rings. The van der Waals surface area contributed by atoms with E-state index in [0.717, 1.165) is 0 Å². The molecule has 158 valence electrons. The van der Waals surface area contributed by atoms with Gasteiger partial charge in [-0.1, -0.05) is 12.1 Å². The Labute approximate surface area is 177 Å². The number of rotatable bonds is 5. The molecule has 3 aromatic rings. The van der Waals surface area contributed by atoms with Crippen molar-refractivity contribution in [3.63, 3.8) is 0 Å². The van der Waals surface area contributed by atoms with Crippen LogP contribution in [0.15, 0.2) is 45.9 Å². The van der Waals surface area contributed by atoms with E-state index in [4.69, 9.17) is 19.2 Å². The van der Waals surface area contributed by atoms with Crippen LogP contribution < -0.4 is 20.4 Å². The summed E-state index contributed by atoms with van der Waals surface area (Å²) in [5.74, 6) is 0.188. The maximum atomic E-state index is 12.7. The molecule has 9 heteroatoms. The van der Waals surface area contributed by atoms with Crippen LogP contribution in [0.3, 0.4) is 0 Å². The summed E-state index contributed by atoms with van der Waals surface area (Å²) in [6.07, 6.45) is 5.50. The van der Waals surface area contributed by atoms with Gasteiger partial charge in [-0.25, -0.2) is 14.8 Å². The van der Waals surface area contributed by atoms with Gasteiger partial charge in [-0.15, -0.1) is 0 Å². The second-order valence-electron chi connectivity index (χ2n) is 7.21. The van der Waals surface area contributed by atoms with Crippen LogP contribution in [0.2, 0.25) is 0 Å². The molecule has 0 radical (unpaired) electrons. The first-order chi connectivity index (χ1) is 15.1. The predicted molar refractivity (Wildman–Crippen MR) is 110 cm³/mol. The molecular formula is C22H20N4O5. The second-order valence-corrected chi connectivity index (χ2v) is 7.21. The number of nitrogens with zero attached hydrogens (tertiary/aromatic N) is 3. The fourth-order valence-electron chi connectivity index (χ4n) is 3.67. The Kier molecular flexibility index (Phi) is 5.80. The molecule has 0 aliphatic heterocycles. The number of ether oxygens (including phenoxy) is 2. The molecule has 9 nitrogen and oxygen atoms in total. The topological polar surface area (TPSA) is 127 Å². The van der Waals surface area contributed by atoms with Gasteiger partial charge in [0.05, 0.1) is 7.11 Å². The van der Waals surface area contributed by atoms with Gasteiger partial charge in [0.2, 0.25) is 5.69 Å². The SMILES string of the molecule is COc1cccc2cc(C(=O)NC3CCC(Oc4nccnc4C#N)CC3)c(=O)oc12. The predicted octanol–water partition coefficient (Wildman–Crippen LogP) is 2.58. The molecule has 2 aromatic heterocycles. The van der Waals surface area contributed by atoms with E-state index in [1.165, 1.54) is 25.6 Å². The van der Waals surface area contributed by atoms with Crippen molar-refractivity contribution in [2.24, 2.45) is 0 Å². The lowest BCUT2D eigenvalue weighted by molar-refractivity contribution is 0.0886. The Hall–Kier alpha value is -3.93. The van der Waals surface area contributed by atoms with E-state index in [1.54, 1.807) is 18.2 Å². The molecular weight excluding hydrogens is 400 g/mol. The molecule has 0 bridgehead atoms. The lowest BCUT2D eigenvalue weighted by Gasteiger charge is -2.29. The third kappa shape index (κ3) is 4.33. The maximum Gasteiger partial charge on any atom is 0.349 e. The zero-order chi connectivity index (χ0) is 21.8. The zero-order valence-corrected chi connectivity index (χ0v) is 16.8. The van der Waals surface area contributed by atoms with Crippen LogP contribution in [-0.4, -0.2) is 35.1 Å². The van der Waals surface area contributed by atoms with E-state index in [2.05, 4.69) is 15.3 Å². The summed E-state index contributed by atoms with van der Waals surface area (Å²) >= 11 is 0. The van der Waals surface area contributed by atoms with Gasteiger partial charge in [-0.3, -0.25) is 4.79 Å². The molecule has 31 heavy (non-hydrogen) atoms. The Morgan fingerprint density at radius 3 is 2.74 bits per heavy atom. The highest BCUT2D eigenvalue weighted by molar-refractivity contribution is 5.97. The van der Waals surface area contributed by atoms with Gasteiger partial charge in [0, 0.05) is 23.8 Å². The number of benzene rings is 1. The van der Waals surface area contributed by atoms with Gasteiger partial charge in [0.15, 0.2) is 11.3 Å². The van der Waals surface area contributed by atoms with Crippen molar-refractivity contribution in [1.29, 1.82) is 5.26 Å². The number of hydrogen-bond acceptors (Lipinski definition) is 8. The summed E-state index contributed by atoms with van der Waals surface area (Å²) in [6, 6.07) is 8.59. The molecule has 0 spiro atoms. The molecule has 0 unspecified atom stereocenters. The Morgan fingerprint density at radius 2 is 2.00 bits per heavy atom. The summed E-state index contributed by atoms with van der Waals surface area (Å²) in [7, 11) is 1.49. The summed E-state index contributed by atoms with van der Waals surface area (Å²) in [5.41, 5.74) is -0.293. The monoisotopic (exact) mass is 420 g/mol. The van der Waals surface area contributed by atoms with Crippen molar-refractivity contribution < 1.29 is 18.7 Å². The summed E-state index contributed by atoms with van der Waals surface area (Å²) in [5, 5.41) is 12.6. The van der Waals surface area contributed by atoms with E-state index in [1.807, 2.05) is 6.07 Å². The summed E-state index contributed by atoms with van der Waals surface area (Å²) in [6.45, 7) is 0. The van der Waals surface area contributed by atoms with Crippen LogP contribution in [0.25, 0.3) is 11.0 Å². The minimum Gasteiger partial charge on any atom is -0.493 e. The Morgan fingerprint density at radius 1 is 1.23 bits per heavy atom. The molecule has 0 saturated heterocycles. The lowest BCUT2D eigenvalue weighted by atomic mass is 9.92. The van der Waals surface area contributed by atoms with Gasteiger partial charge < -0.3 is 19.2 Å². The van der Waals surface area contributed by atoms with Gasteiger partial charge in [-0.2, -0.15) is 5.26 Å². The van der Waals surface area contributed by atoms with Gasteiger partial charge >= 0.3 is 5.63 Å². The number of para-hydroxylation sites is 1. The highest BCUT2D eigenvalue weighted by atomic mass is 16.5.